The summed E-state index contributed by atoms with van der Waals surface area (Å²) >= 11 is 0. The summed E-state index contributed by atoms with van der Waals surface area (Å²) in [6, 6.07) is 9.21. The van der Waals surface area contributed by atoms with Gasteiger partial charge in [-0.15, -0.1) is 0 Å². The second-order valence-electron chi connectivity index (χ2n) is 6.63. The zero-order chi connectivity index (χ0) is 21.1. The number of carboxylic acid groups (broad SMARTS) is 1. The molecule has 1 aromatic carbocycles. The number of benzene rings is 1. The number of nitrogens with zero attached hydrogens (tertiary/aromatic N) is 1. The Balaban J connectivity index is 1.41. The topological polar surface area (TPSA) is 112 Å². The lowest BCUT2D eigenvalue weighted by Gasteiger charge is -1.98. The van der Waals surface area contributed by atoms with Gasteiger partial charge in [0, 0.05) is 12.0 Å². The van der Waals surface area contributed by atoms with Crippen LogP contribution in [0.25, 0.3) is 11.5 Å². The van der Waals surface area contributed by atoms with Gasteiger partial charge in [0.1, 0.15) is 23.0 Å². The summed E-state index contributed by atoms with van der Waals surface area (Å²) < 4.78 is 33.8. The standard InChI is InChI=1S/C21H19NO7S/c1-13-17(22-21(28-13)14-4-7-18-19(9-14)27-12-26-18)10-16-6-5-15(29-16)3-2-8-30(25)11-20(23)24/h2,4-9H,3,10-12H2,1H3,(H,23,24). The van der Waals surface area contributed by atoms with Gasteiger partial charge in [-0.05, 0) is 42.7 Å². The average Bonchev–Trinajstić information content (AvgIpc) is 3.41. The Kier molecular flexibility index (Phi) is 5.71. The van der Waals surface area contributed by atoms with Gasteiger partial charge >= 0.3 is 5.97 Å². The van der Waals surface area contributed by atoms with Crippen molar-refractivity contribution in [3.8, 4) is 23.0 Å². The van der Waals surface area contributed by atoms with Gasteiger partial charge in [-0.25, -0.2) is 4.98 Å². The lowest BCUT2D eigenvalue weighted by molar-refractivity contribution is -0.133. The van der Waals surface area contributed by atoms with E-state index in [0.29, 0.717) is 41.8 Å². The normalized spacial score (nSPS) is 13.8. The van der Waals surface area contributed by atoms with Gasteiger partial charge in [-0.3, -0.25) is 9.00 Å². The lowest BCUT2D eigenvalue weighted by Crippen LogP contribution is -2.06. The quantitative estimate of drug-likeness (QED) is 0.579. The van der Waals surface area contributed by atoms with Crippen molar-refractivity contribution >= 4 is 16.8 Å². The van der Waals surface area contributed by atoms with Crippen LogP contribution in [0.5, 0.6) is 11.5 Å². The number of ether oxygens (including phenoxy) is 2. The van der Waals surface area contributed by atoms with Crippen LogP contribution in [0, 0.1) is 6.92 Å². The van der Waals surface area contributed by atoms with E-state index in [1.54, 1.807) is 6.08 Å². The molecular weight excluding hydrogens is 410 g/mol. The summed E-state index contributed by atoms with van der Waals surface area (Å²) in [6.07, 6.45) is 2.53. The molecule has 0 amide bonds. The molecule has 0 saturated heterocycles. The second-order valence-corrected chi connectivity index (χ2v) is 7.95. The van der Waals surface area contributed by atoms with Crippen LogP contribution >= 0.6 is 0 Å². The number of fused-ring (bicyclic) bond motifs is 1. The van der Waals surface area contributed by atoms with E-state index in [-0.39, 0.29) is 6.79 Å². The van der Waals surface area contributed by atoms with E-state index in [9.17, 15) is 9.00 Å². The minimum Gasteiger partial charge on any atom is -0.481 e. The molecule has 2 aromatic heterocycles. The summed E-state index contributed by atoms with van der Waals surface area (Å²) in [5.41, 5.74) is 1.56. The van der Waals surface area contributed by atoms with Crippen LogP contribution in [0.2, 0.25) is 0 Å². The minimum absolute atomic E-state index is 0.208. The summed E-state index contributed by atoms with van der Waals surface area (Å²) in [7, 11) is -1.53. The van der Waals surface area contributed by atoms with Gasteiger partial charge in [0.2, 0.25) is 12.7 Å². The summed E-state index contributed by atoms with van der Waals surface area (Å²) in [4.78, 5) is 15.1. The predicted octanol–water partition coefficient (Wildman–Crippen LogP) is 3.45. The third-order valence-corrected chi connectivity index (χ3v) is 5.43. The molecule has 1 unspecified atom stereocenters. The number of aliphatic carboxylic acids is 1. The zero-order valence-corrected chi connectivity index (χ0v) is 16.9. The molecule has 3 heterocycles. The van der Waals surface area contributed by atoms with Crippen LogP contribution in [-0.2, 0) is 28.4 Å². The van der Waals surface area contributed by atoms with Crippen molar-refractivity contribution in [2.24, 2.45) is 0 Å². The molecule has 0 radical (unpaired) electrons. The molecule has 0 fully saturated rings. The molecule has 0 spiro atoms. The molecule has 0 saturated carbocycles. The first-order valence-corrected chi connectivity index (χ1v) is 10.6. The average molecular weight is 429 g/mol. The van der Waals surface area contributed by atoms with Gasteiger partial charge < -0.3 is 23.4 Å². The molecule has 0 aliphatic carbocycles. The second kappa shape index (κ2) is 8.58. The van der Waals surface area contributed by atoms with E-state index in [1.807, 2.05) is 37.3 Å². The maximum atomic E-state index is 11.5. The molecule has 9 heteroatoms. The van der Waals surface area contributed by atoms with Crippen molar-refractivity contribution in [3.63, 3.8) is 0 Å². The fourth-order valence-corrected chi connectivity index (χ4v) is 3.63. The maximum Gasteiger partial charge on any atom is 0.316 e. The summed E-state index contributed by atoms with van der Waals surface area (Å²) in [5.74, 6) is 2.47. The number of furan rings is 1. The summed E-state index contributed by atoms with van der Waals surface area (Å²) in [6.45, 7) is 2.06. The Morgan fingerprint density at radius 1 is 1.17 bits per heavy atom. The van der Waals surface area contributed by atoms with E-state index < -0.39 is 22.5 Å². The fourth-order valence-electron chi connectivity index (χ4n) is 2.98. The van der Waals surface area contributed by atoms with Crippen molar-refractivity contribution < 1.29 is 32.4 Å². The highest BCUT2D eigenvalue weighted by atomic mass is 32.2. The number of carbonyl (C=O) groups is 1. The molecule has 30 heavy (non-hydrogen) atoms. The number of hydrogen-bond acceptors (Lipinski definition) is 7. The molecule has 3 aromatic rings. The molecule has 1 N–H and O–H groups in total. The Morgan fingerprint density at radius 3 is 2.80 bits per heavy atom. The van der Waals surface area contributed by atoms with Crippen molar-refractivity contribution in [2.75, 3.05) is 12.5 Å². The van der Waals surface area contributed by atoms with Gasteiger partial charge in [-0.1, -0.05) is 6.08 Å². The van der Waals surface area contributed by atoms with E-state index in [1.165, 1.54) is 5.41 Å². The molecule has 1 atom stereocenters. The Morgan fingerprint density at radius 2 is 1.97 bits per heavy atom. The van der Waals surface area contributed by atoms with Crippen LogP contribution in [0.4, 0.5) is 0 Å². The highest BCUT2D eigenvalue weighted by molar-refractivity contribution is 7.88. The molecular formula is C21H19NO7S. The third kappa shape index (κ3) is 4.62. The third-order valence-electron chi connectivity index (χ3n) is 4.40. The molecule has 8 nitrogen and oxygen atoms in total. The van der Waals surface area contributed by atoms with Gasteiger partial charge in [0.15, 0.2) is 11.5 Å². The molecule has 1 aliphatic heterocycles. The summed E-state index contributed by atoms with van der Waals surface area (Å²) in [5, 5.41) is 9.98. The van der Waals surface area contributed by atoms with Crippen molar-refractivity contribution in [1.29, 1.82) is 0 Å². The van der Waals surface area contributed by atoms with Crippen LogP contribution in [-0.4, -0.2) is 32.8 Å². The van der Waals surface area contributed by atoms with Crippen LogP contribution in [0.1, 0.15) is 23.0 Å². The van der Waals surface area contributed by atoms with E-state index in [2.05, 4.69) is 4.98 Å². The Bertz CT molecular complexity index is 1130. The first-order chi connectivity index (χ1) is 14.5. The number of carboxylic acids is 1. The highest BCUT2D eigenvalue weighted by Gasteiger charge is 2.18. The smallest absolute Gasteiger partial charge is 0.316 e. The van der Waals surface area contributed by atoms with Crippen LogP contribution in [0.3, 0.4) is 0 Å². The van der Waals surface area contributed by atoms with Crippen LogP contribution < -0.4 is 9.47 Å². The van der Waals surface area contributed by atoms with Gasteiger partial charge in [-0.2, -0.15) is 0 Å². The number of rotatable bonds is 8. The molecule has 4 rings (SSSR count). The van der Waals surface area contributed by atoms with Crippen molar-refractivity contribution in [3.05, 3.63) is 64.8 Å². The number of aromatic nitrogens is 1. The number of hydrogen-bond donors (Lipinski definition) is 1. The zero-order valence-electron chi connectivity index (χ0n) is 16.1. The Labute approximate surface area is 174 Å². The van der Waals surface area contributed by atoms with Gasteiger partial charge in [0.25, 0.3) is 0 Å². The fraction of sp³-hybridized carbons (Fsp3) is 0.238. The largest absolute Gasteiger partial charge is 0.481 e. The first-order valence-electron chi connectivity index (χ1n) is 9.17. The van der Waals surface area contributed by atoms with E-state index >= 15 is 0 Å². The molecule has 1 aliphatic rings. The van der Waals surface area contributed by atoms with E-state index in [0.717, 1.165) is 17.0 Å². The highest BCUT2D eigenvalue weighted by Crippen LogP contribution is 2.36. The number of oxazole rings is 1. The number of allylic oxidation sites excluding steroid dienone is 1. The van der Waals surface area contributed by atoms with Crippen molar-refractivity contribution in [1.82, 2.24) is 4.98 Å². The lowest BCUT2D eigenvalue weighted by atomic mass is 10.2. The molecule has 156 valence electrons. The van der Waals surface area contributed by atoms with Crippen LogP contribution in [0.15, 0.2) is 50.7 Å². The SMILES string of the molecule is Cc1oc(-c2ccc3c(c2)OCO3)nc1Cc1ccc(CC=CS(=O)CC(=O)O)o1. The molecule has 0 bridgehead atoms. The minimum atomic E-state index is -1.53. The first kappa shape index (κ1) is 20.0. The predicted molar refractivity (Wildman–Crippen MR) is 108 cm³/mol. The van der Waals surface area contributed by atoms with E-state index in [4.69, 9.17) is 23.4 Å². The van der Waals surface area contributed by atoms with Crippen molar-refractivity contribution in [2.45, 2.75) is 19.8 Å². The van der Waals surface area contributed by atoms with Gasteiger partial charge in [0.05, 0.1) is 22.9 Å². The maximum absolute atomic E-state index is 11.5. The Hall–Kier alpha value is -3.33. The monoisotopic (exact) mass is 429 g/mol. The number of aryl methyl sites for hydroxylation is 1.